The molecule has 0 aliphatic carbocycles. The first-order valence-corrected chi connectivity index (χ1v) is 2.32. The summed E-state index contributed by atoms with van der Waals surface area (Å²) in [6.45, 7) is 3.54. The van der Waals surface area contributed by atoms with E-state index in [0.29, 0.717) is 0 Å². The van der Waals surface area contributed by atoms with Gasteiger partial charge in [0.2, 0.25) is 0 Å². The number of ether oxygens (including phenoxy) is 1. The first-order valence-electron chi connectivity index (χ1n) is 2.32. The lowest BCUT2D eigenvalue weighted by Crippen LogP contribution is -2.07. The second-order valence-corrected chi connectivity index (χ2v) is 1.61. The Morgan fingerprint density at radius 2 is 2.25 bits per heavy atom. The van der Waals surface area contributed by atoms with Crippen LogP contribution in [0.3, 0.4) is 0 Å². The normalized spacial score (nSPS) is 8.25. The van der Waals surface area contributed by atoms with Gasteiger partial charge in [-0.05, 0) is 13.8 Å². The Bertz CT molecular complexity index is 123. The molecule has 0 unspecified atom stereocenters. The fraction of sp³-hybridized carbons (Fsp3) is 0.600. The van der Waals surface area contributed by atoms with Crippen LogP contribution in [0.4, 0.5) is 0 Å². The third-order valence-corrected chi connectivity index (χ3v) is 0.455. The Morgan fingerprint density at radius 3 is 2.38 bits per heavy atom. The van der Waals surface area contributed by atoms with E-state index in [4.69, 9.17) is 10.7 Å². The highest BCUT2D eigenvalue weighted by Gasteiger charge is 1.95. The molecule has 0 fully saturated rings. The Balaban J connectivity index is 3.44. The summed E-state index contributed by atoms with van der Waals surface area (Å²) in [5.74, 6) is -0.319. The average Bonchev–Trinajstić information content (AvgIpc) is 1.65. The maximum Gasteiger partial charge on any atom is 0.288 e. The summed E-state index contributed by atoms with van der Waals surface area (Å²) in [6, 6.07) is 1.56. The first-order chi connectivity index (χ1) is 3.66. The van der Waals surface area contributed by atoms with Gasteiger partial charge in [-0.15, -0.1) is 0 Å². The molecule has 0 saturated heterocycles. The Morgan fingerprint density at radius 1 is 1.75 bits per heavy atom. The molecule has 0 aliphatic heterocycles. The number of hydrogen-bond acceptors (Lipinski definition) is 3. The fourth-order valence-corrected chi connectivity index (χ4v) is 0.262. The van der Waals surface area contributed by atoms with Crippen molar-refractivity contribution < 1.29 is 4.74 Å². The summed E-state index contributed by atoms with van der Waals surface area (Å²) in [4.78, 5) is 0. The predicted molar refractivity (Wildman–Crippen MR) is 29.6 cm³/mol. The number of nitriles is 1. The maximum atomic E-state index is 7.98. The van der Waals surface area contributed by atoms with Gasteiger partial charge in [-0.3, -0.25) is 5.41 Å². The summed E-state index contributed by atoms with van der Waals surface area (Å²) in [5, 5.41) is 14.7. The van der Waals surface area contributed by atoms with Gasteiger partial charge < -0.3 is 4.74 Å². The van der Waals surface area contributed by atoms with Crippen LogP contribution in [-0.2, 0) is 4.74 Å². The van der Waals surface area contributed by atoms with E-state index in [1.165, 1.54) is 0 Å². The van der Waals surface area contributed by atoms with Crippen LogP contribution >= 0.6 is 0 Å². The highest BCUT2D eigenvalue weighted by atomic mass is 16.5. The van der Waals surface area contributed by atoms with E-state index in [1.54, 1.807) is 19.9 Å². The summed E-state index contributed by atoms with van der Waals surface area (Å²) in [6.07, 6.45) is -0.0675. The minimum Gasteiger partial charge on any atom is -0.468 e. The zero-order chi connectivity index (χ0) is 6.57. The molecule has 0 rings (SSSR count). The highest BCUT2D eigenvalue weighted by Crippen LogP contribution is 1.86. The van der Waals surface area contributed by atoms with Crippen molar-refractivity contribution in [2.75, 3.05) is 0 Å². The third kappa shape index (κ3) is 3.16. The molecule has 0 atom stereocenters. The van der Waals surface area contributed by atoms with Crippen molar-refractivity contribution in [1.29, 1.82) is 10.7 Å². The zero-order valence-electron chi connectivity index (χ0n) is 4.93. The molecule has 0 heterocycles. The molecular weight excluding hydrogens is 104 g/mol. The van der Waals surface area contributed by atoms with Crippen LogP contribution in [0.2, 0.25) is 0 Å². The third-order valence-electron chi connectivity index (χ3n) is 0.455. The molecule has 0 saturated carbocycles. The van der Waals surface area contributed by atoms with Crippen molar-refractivity contribution in [2.24, 2.45) is 0 Å². The summed E-state index contributed by atoms with van der Waals surface area (Å²) >= 11 is 0. The smallest absolute Gasteiger partial charge is 0.288 e. The average molecular weight is 112 g/mol. The van der Waals surface area contributed by atoms with E-state index >= 15 is 0 Å². The lowest BCUT2D eigenvalue weighted by atomic mass is 10.5. The molecule has 0 aliphatic rings. The van der Waals surface area contributed by atoms with E-state index in [9.17, 15) is 0 Å². The van der Waals surface area contributed by atoms with Crippen LogP contribution in [-0.4, -0.2) is 12.0 Å². The predicted octanol–water partition coefficient (Wildman–Crippen LogP) is 0.912. The van der Waals surface area contributed by atoms with Crippen LogP contribution in [0.15, 0.2) is 0 Å². The molecule has 3 heteroatoms. The Hall–Kier alpha value is -1.04. The minimum absolute atomic E-state index is 0.0675. The molecule has 0 aromatic carbocycles. The maximum absolute atomic E-state index is 7.98. The molecule has 44 valence electrons. The SMILES string of the molecule is CC(C)OC(=N)C#N. The second kappa shape index (κ2) is 3.03. The largest absolute Gasteiger partial charge is 0.468 e. The van der Waals surface area contributed by atoms with Gasteiger partial charge in [0.25, 0.3) is 5.90 Å². The van der Waals surface area contributed by atoms with Crippen molar-refractivity contribution in [3.63, 3.8) is 0 Å². The molecular formula is C5H8N2O. The van der Waals surface area contributed by atoms with E-state index < -0.39 is 0 Å². The van der Waals surface area contributed by atoms with Gasteiger partial charge in [0, 0.05) is 0 Å². The second-order valence-electron chi connectivity index (χ2n) is 1.61. The highest BCUT2D eigenvalue weighted by molar-refractivity contribution is 5.88. The molecule has 1 N–H and O–H groups in total. The molecule has 0 aromatic heterocycles. The van der Waals surface area contributed by atoms with Crippen molar-refractivity contribution >= 4 is 5.90 Å². The summed E-state index contributed by atoms with van der Waals surface area (Å²) in [5.41, 5.74) is 0. The minimum atomic E-state index is -0.319. The van der Waals surface area contributed by atoms with Crippen molar-refractivity contribution in [2.45, 2.75) is 20.0 Å². The monoisotopic (exact) mass is 112 g/mol. The quantitative estimate of drug-likeness (QED) is 0.405. The van der Waals surface area contributed by atoms with Gasteiger partial charge in [0.05, 0.1) is 6.10 Å². The number of rotatable bonds is 1. The Kier molecular flexibility index (Phi) is 2.63. The van der Waals surface area contributed by atoms with Gasteiger partial charge in [0.15, 0.2) is 6.07 Å². The van der Waals surface area contributed by atoms with Crippen LogP contribution in [0, 0.1) is 16.7 Å². The van der Waals surface area contributed by atoms with Crippen molar-refractivity contribution in [3.05, 3.63) is 0 Å². The number of nitrogens with one attached hydrogen (secondary N) is 1. The van der Waals surface area contributed by atoms with Crippen LogP contribution in [0.5, 0.6) is 0 Å². The Labute approximate surface area is 48.4 Å². The lowest BCUT2D eigenvalue weighted by Gasteiger charge is -2.02. The van der Waals surface area contributed by atoms with Crippen LogP contribution in [0.25, 0.3) is 0 Å². The van der Waals surface area contributed by atoms with Crippen LogP contribution < -0.4 is 0 Å². The lowest BCUT2D eigenvalue weighted by molar-refractivity contribution is 0.230. The van der Waals surface area contributed by atoms with Crippen molar-refractivity contribution in [1.82, 2.24) is 0 Å². The molecule has 0 spiro atoms. The molecule has 3 nitrogen and oxygen atoms in total. The van der Waals surface area contributed by atoms with Gasteiger partial charge in [-0.1, -0.05) is 0 Å². The first kappa shape index (κ1) is 6.96. The molecule has 8 heavy (non-hydrogen) atoms. The molecule has 0 radical (unpaired) electrons. The van der Waals surface area contributed by atoms with Gasteiger partial charge in [-0.2, -0.15) is 5.26 Å². The standard InChI is InChI=1S/C5H8N2O/c1-4(2)8-5(7)3-6/h4,7H,1-2H3. The number of hydrogen-bond donors (Lipinski definition) is 1. The fourth-order valence-electron chi connectivity index (χ4n) is 0.262. The van der Waals surface area contributed by atoms with Crippen LogP contribution in [0.1, 0.15) is 13.8 Å². The summed E-state index contributed by atoms with van der Waals surface area (Å²) < 4.78 is 4.62. The van der Waals surface area contributed by atoms with Crippen molar-refractivity contribution in [3.8, 4) is 6.07 Å². The zero-order valence-corrected chi connectivity index (χ0v) is 4.93. The van der Waals surface area contributed by atoms with Gasteiger partial charge in [-0.25, -0.2) is 0 Å². The number of nitrogens with zero attached hydrogens (tertiary/aromatic N) is 1. The van der Waals surface area contributed by atoms with E-state index in [1.807, 2.05) is 0 Å². The molecule has 0 amide bonds. The topological polar surface area (TPSA) is 56.9 Å². The molecule has 0 bridgehead atoms. The van der Waals surface area contributed by atoms with E-state index in [0.717, 1.165) is 0 Å². The van der Waals surface area contributed by atoms with E-state index in [2.05, 4.69) is 4.74 Å². The summed E-state index contributed by atoms with van der Waals surface area (Å²) in [7, 11) is 0. The molecule has 0 aromatic rings. The van der Waals surface area contributed by atoms with E-state index in [-0.39, 0.29) is 12.0 Å². The van der Waals surface area contributed by atoms with Gasteiger partial charge >= 0.3 is 0 Å². The van der Waals surface area contributed by atoms with Gasteiger partial charge in [0.1, 0.15) is 0 Å².